The van der Waals surface area contributed by atoms with Gasteiger partial charge < -0.3 is 10.4 Å². The summed E-state index contributed by atoms with van der Waals surface area (Å²) in [7, 11) is 0. The second-order valence-electron chi connectivity index (χ2n) is 6.36. The predicted molar refractivity (Wildman–Crippen MR) is 93.1 cm³/mol. The Morgan fingerprint density at radius 3 is 2.57 bits per heavy atom. The molecular weight excluding hydrogens is 456 g/mol. The van der Waals surface area contributed by atoms with Crippen LogP contribution in [0.1, 0.15) is 62.6 Å². The second kappa shape index (κ2) is 12.2. The van der Waals surface area contributed by atoms with Crippen LogP contribution in [-0.2, 0) is 27.5 Å². The van der Waals surface area contributed by atoms with Gasteiger partial charge in [0.05, 0.1) is 6.73 Å². The molecule has 130 valence electrons. The van der Waals surface area contributed by atoms with Crippen LogP contribution in [-0.4, -0.2) is 24.9 Å². The quantitative estimate of drug-likeness (QED) is 0.495. The Morgan fingerprint density at radius 2 is 1.91 bits per heavy atom. The number of hydrogen-bond acceptors (Lipinski definition) is 2. The van der Waals surface area contributed by atoms with Crippen LogP contribution >= 0.6 is 0 Å². The van der Waals surface area contributed by atoms with Gasteiger partial charge in [0.1, 0.15) is 0 Å². The van der Waals surface area contributed by atoms with Gasteiger partial charge >= 0.3 is 0 Å². The van der Waals surface area contributed by atoms with E-state index in [1.807, 2.05) is 0 Å². The van der Waals surface area contributed by atoms with Gasteiger partial charge in [-0.25, -0.2) is 0 Å². The molecule has 0 amide bonds. The topological polar surface area (TPSA) is 46.4 Å². The molecule has 0 radical (unpaired) electrons. The molecule has 2 N–H and O–H groups in total. The Bertz CT molecular complexity index is 418. The van der Waals surface area contributed by atoms with E-state index in [9.17, 15) is 0 Å². The summed E-state index contributed by atoms with van der Waals surface area (Å²) in [6.07, 6.45) is 9.29. The van der Waals surface area contributed by atoms with Crippen LogP contribution in [0.25, 0.3) is 5.32 Å². The van der Waals surface area contributed by atoms with E-state index in [1.54, 1.807) is 5.56 Å². The Labute approximate surface area is 155 Å². The number of aliphatic hydroxyl groups excluding tert-OH is 1. The molecule has 0 saturated heterocycles. The maximum Gasteiger partial charge on any atom is 0.0931 e. The third-order valence-corrected chi connectivity index (χ3v) is 4.72. The predicted octanol–water partition coefficient (Wildman–Crippen LogP) is 4.17. The minimum Gasteiger partial charge on any atom is -0.655 e. The summed E-state index contributed by atoms with van der Waals surface area (Å²) in [5, 5.41) is 15.7. The molecule has 1 atom stereocenters. The standard InChI is InChI=1S/C15H20N.C4H11NO.W/c1-2-7-13(8-3-1)15-14-9-5-4-6-12(14)10-11-16-15;1-2-3-5-4-6;/h4-6,9,13,15H,1-3,7-8,10-11H2;5-6H,2-4H2,1H3;/q-1;;. The first-order valence-corrected chi connectivity index (χ1v) is 8.92. The first-order chi connectivity index (χ1) is 10.9. The molecule has 1 fully saturated rings. The Kier molecular flexibility index (Phi) is 11.0. The molecule has 1 heterocycles. The van der Waals surface area contributed by atoms with Gasteiger partial charge in [-0.15, -0.1) is 12.6 Å². The van der Waals surface area contributed by atoms with Gasteiger partial charge in [0.15, 0.2) is 0 Å². The van der Waals surface area contributed by atoms with E-state index in [0.717, 1.165) is 31.8 Å². The molecule has 4 heteroatoms. The van der Waals surface area contributed by atoms with Crippen molar-refractivity contribution in [2.24, 2.45) is 5.92 Å². The van der Waals surface area contributed by atoms with Crippen molar-refractivity contribution in [3.8, 4) is 0 Å². The van der Waals surface area contributed by atoms with Crippen molar-refractivity contribution in [3.63, 3.8) is 0 Å². The SMILES string of the molecule is CCCNCO.[W].c1ccc2c(c1)CC[N-]C2C1CCCCC1. The van der Waals surface area contributed by atoms with Gasteiger partial charge in [0.25, 0.3) is 0 Å². The number of hydrogen-bond donors (Lipinski definition) is 2. The van der Waals surface area contributed by atoms with Gasteiger partial charge in [0.2, 0.25) is 0 Å². The van der Waals surface area contributed by atoms with Crippen LogP contribution in [0, 0.1) is 5.92 Å². The number of nitrogens with one attached hydrogen (secondary N) is 1. The first kappa shape index (κ1) is 20.8. The fraction of sp³-hybridized carbons (Fsp3) is 0.684. The smallest absolute Gasteiger partial charge is 0.0931 e. The summed E-state index contributed by atoms with van der Waals surface area (Å²) in [6, 6.07) is 9.46. The second-order valence-corrected chi connectivity index (χ2v) is 6.36. The van der Waals surface area contributed by atoms with Gasteiger partial charge in [-0.05, 0) is 24.9 Å². The largest absolute Gasteiger partial charge is 0.655 e. The molecule has 1 aliphatic heterocycles. The van der Waals surface area contributed by atoms with Crippen molar-refractivity contribution in [3.05, 3.63) is 40.7 Å². The molecule has 23 heavy (non-hydrogen) atoms. The summed E-state index contributed by atoms with van der Waals surface area (Å²) >= 11 is 0. The molecule has 3 rings (SSSR count). The molecule has 1 aliphatic carbocycles. The van der Waals surface area contributed by atoms with E-state index in [1.165, 1.54) is 37.7 Å². The van der Waals surface area contributed by atoms with E-state index in [0.29, 0.717) is 6.04 Å². The Morgan fingerprint density at radius 1 is 1.17 bits per heavy atom. The van der Waals surface area contributed by atoms with Crippen molar-refractivity contribution >= 4 is 0 Å². The normalized spacial score (nSPS) is 20.7. The van der Waals surface area contributed by atoms with Crippen LogP contribution < -0.4 is 5.32 Å². The summed E-state index contributed by atoms with van der Waals surface area (Å²) in [4.78, 5) is 0. The fourth-order valence-electron chi connectivity index (χ4n) is 3.58. The molecule has 0 bridgehead atoms. The van der Waals surface area contributed by atoms with Crippen molar-refractivity contribution in [1.82, 2.24) is 5.32 Å². The van der Waals surface area contributed by atoms with E-state index in [4.69, 9.17) is 10.4 Å². The molecule has 1 aromatic rings. The fourth-order valence-corrected chi connectivity index (χ4v) is 3.58. The monoisotopic (exact) mass is 487 g/mol. The number of nitrogens with zero attached hydrogens (tertiary/aromatic N) is 1. The number of fused-ring (bicyclic) bond motifs is 1. The van der Waals surface area contributed by atoms with Crippen molar-refractivity contribution in [1.29, 1.82) is 0 Å². The molecule has 0 spiro atoms. The maximum absolute atomic E-state index is 8.09. The van der Waals surface area contributed by atoms with E-state index in [2.05, 4.69) is 36.5 Å². The zero-order valence-corrected chi connectivity index (χ0v) is 17.3. The van der Waals surface area contributed by atoms with Gasteiger partial charge in [-0.1, -0.05) is 74.8 Å². The van der Waals surface area contributed by atoms with E-state index < -0.39 is 0 Å². The van der Waals surface area contributed by atoms with Crippen molar-refractivity contribution in [2.75, 3.05) is 19.8 Å². The minimum absolute atomic E-state index is 0. The Balaban J connectivity index is 0.000000330. The molecule has 1 unspecified atom stereocenters. The zero-order valence-electron chi connectivity index (χ0n) is 14.3. The van der Waals surface area contributed by atoms with Crippen LogP contribution in [0.15, 0.2) is 24.3 Å². The van der Waals surface area contributed by atoms with Crippen LogP contribution in [0.3, 0.4) is 0 Å². The average molecular weight is 487 g/mol. The molecule has 2 aliphatic rings. The third-order valence-electron chi connectivity index (χ3n) is 4.72. The van der Waals surface area contributed by atoms with Crippen LogP contribution in [0.4, 0.5) is 0 Å². The molecule has 3 nitrogen and oxygen atoms in total. The number of benzene rings is 1. The van der Waals surface area contributed by atoms with Gasteiger partial charge in [-0.2, -0.15) is 0 Å². The average Bonchev–Trinajstić information content (AvgIpc) is 2.61. The summed E-state index contributed by atoms with van der Waals surface area (Å²) in [5.74, 6) is 0.829. The summed E-state index contributed by atoms with van der Waals surface area (Å²) < 4.78 is 0. The minimum atomic E-state index is 0. The number of aliphatic hydroxyl groups is 1. The summed E-state index contributed by atoms with van der Waals surface area (Å²) in [6.45, 7) is 4.12. The maximum atomic E-state index is 8.09. The molecule has 0 aromatic heterocycles. The van der Waals surface area contributed by atoms with E-state index in [-0.39, 0.29) is 27.8 Å². The summed E-state index contributed by atoms with van der Waals surface area (Å²) in [5.41, 5.74) is 3.08. The van der Waals surface area contributed by atoms with Crippen molar-refractivity contribution < 1.29 is 26.2 Å². The third kappa shape index (κ3) is 6.66. The Hall–Kier alpha value is -0.212. The first-order valence-electron chi connectivity index (χ1n) is 8.92. The van der Waals surface area contributed by atoms with Gasteiger partial charge in [-0.3, -0.25) is 5.32 Å². The zero-order chi connectivity index (χ0) is 15.6. The molecule has 1 saturated carbocycles. The van der Waals surface area contributed by atoms with Gasteiger partial charge in [0, 0.05) is 21.1 Å². The van der Waals surface area contributed by atoms with Crippen LogP contribution in [0.5, 0.6) is 0 Å². The van der Waals surface area contributed by atoms with Crippen LogP contribution in [0.2, 0.25) is 0 Å². The van der Waals surface area contributed by atoms with Crippen molar-refractivity contribution in [2.45, 2.75) is 57.9 Å². The van der Waals surface area contributed by atoms with E-state index >= 15 is 0 Å². The number of rotatable bonds is 4. The molecular formula is C19H31N2OW-. The molecule has 1 aromatic carbocycles.